The van der Waals surface area contributed by atoms with Crippen LogP contribution in [0.3, 0.4) is 0 Å². The highest BCUT2D eigenvalue weighted by atomic mass is 35.5. The van der Waals surface area contributed by atoms with Gasteiger partial charge >= 0.3 is 0 Å². The molecule has 0 amide bonds. The van der Waals surface area contributed by atoms with E-state index in [4.69, 9.17) is 11.6 Å². The third-order valence-electron chi connectivity index (χ3n) is 3.33. The number of hydrogen-bond acceptors (Lipinski definition) is 3. The van der Waals surface area contributed by atoms with Crippen molar-refractivity contribution in [3.8, 4) is 0 Å². The third kappa shape index (κ3) is 3.30. The standard InChI is InChI=1S/C15H18ClNOS/c1-11(9-13-6-4-8-19-13)17(2)15-12(10-18)5-3-7-14(15)16/h3-8,11,18H,9-10H2,1-2H3. The number of benzene rings is 1. The van der Waals surface area contributed by atoms with Gasteiger partial charge in [0.15, 0.2) is 0 Å². The second-order valence-corrected chi connectivity index (χ2v) is 6.09. The van der Waals surface area contributed by atoms with Gasteiger partial charge in [0, 0.05) is 30.0 Å². The molecule has 0 aliphatic carbocycles. The van der Waals surface area contributed by atoms with Crippen LogP contribution >= 0.6 is 22.9 Å². The largest absolute Gasteiger partial charge is 0.392 e. The van der Waals surface area contributed by atoms with E-state index in [0.717, 1.165) is 17.7 Å². The van der Waals surface area contributed by atoms with Crippen LogP contribution in [0.1, 0.15) is 17.4 Å². The summed E-state index contributed by atoms with van der Waals surface area (Å²) in [5.41, 5.74) is 1.80. The molecule has 0 radical (unpaired) electrons. The molecular weight excluding hydrogens is 278 g/mol. The lowest BCUT2D eigenvalue weighted by Gasteiger charge is -2.29. The highest BCUT2D eigenvalue weighted by molar-refractivity contribution is 7.09. The minimum Gasteiger partial charge on any atom is -0.392 e. The van der Waals surface area contributed by atoms with Gasteiger partial charge in [-0.2, -0.15) is 0 Å². The van der Waals surface area contributed by atoms with Gasteiger partial charge < -0.3 is 10.0 Å². The highest BCUT2D eigenvalue weighted by Crippen LogP contribution is 2.31. The lowest BCUT2D eigenvalue weighted by molar-refractivity contribution is 0.282. The number of hydrogen-bond donors (Lipinski definition) is 1. The van der Waals surface area contributed by atoms with Crippen LogP contribution in [0.4, 0.5) is 5.69 Å². The van der Waals surface area contributed by atoms with E-state index in [9.17, 15) is 5.11 Å². The van der Waals surface area contributed by atoms with Crippen LogP contribution < -0.4 is 4.90 Å². The van der Waals surface area contributed by atoms with Gasteiger partial charge in [-0.15, -0.1) is 11.3 Å². The molecule has 1 aromatic carbocycles. The number of rotatable bonds is 5. The number of para-hydroxylation sites is 1. The molecule has 0 spiro atoms. The van der Waals surface area contributed by atoms with Crippen molar-refractivity contribution in [1.29, 1.82) is 0 Å². The number of anilines is 1. The summed E-state index contributed by atoms with van der Waals surface area (Å²) in [5, 5.41) is 12.2. The Kier molecular flexibility index (Phi) is 4.86. The molecule has 0 aliphatic rings. The monoisotopic (exact) mass is 295 g/mol. The number of nitrogens with zero attached hydrogens (tertiary/aromatic N) is 1. The molecule has 0 bridgehead atoms. The SMILES string of the molecule is CC(Cc1cccs1)N(C)c1c(Cl)cccc1CO. The highest BCUT2D eigenvalue weighted by Gasteiger charge is 2.17. The van der Waals surface area contributed by atoms with Gasteiger partial charge in [-0.1, -0.05) is 29.8 Å². The number of aliphatic hydroxyl groups excluding tert-OH is 1. The predicted octanol–water partition coefficient (Wildman–Crippen LogP) is 3.96. The molecule has 0 saturated carbocycles. The molecular formula is C15H18ClNOS. The van der Waals surface area contributed by atoms with Crippen LogP contribution in [-0.2, 0) is 13.0 Å². The van der Waals surface area contributed by atoms with E-state index in [1.807, 2.05) is 25.2 Å². The van der Waals surface area contributed by atoms with Gasteiger partial charge in [-0.3, -0.25) is 0 Å². The Morgan fingerprint density at radius 1 is 1.32 bits per heavy atom. The Morgan fingerprint density at radius 2 is 2.11 bits per heavy atom. The molecule has 1 unspecified atom stereocenters. The van der Waals surface area contributed by atoms with Crippen molar-refractivity contribution in [2.45, 2.75) is 26.0 Å². The van der Waals surface area contributed by atoms with Gasteiger partial charge in [-0.25, -0.2) is 0 Å². The zero-order chi connectivity index (χ0) is 13.8. The molecule has 0 aliphatic heterocycles. The van der Waals surface area contributed by atoms with Crippen molar-refractivity contribution in [1.82, 2.24) is 0 Å². The molecule has 1 heterocycles. The average molecular weight is 296 g/mol. The second kappa shape index (κ2) is 6.42. The Bertz CT molecular complexity index is 527. The number of likely N-dealkylation sites (N-methyl/N-ethyl adjacent to an activating group) is 1. The van der Waals surface area contributed by atoms with Crippen molar-refractivity contribution in [3.05, 3.63) is 51.2 Å². The van der Waals surface area contributed by atoms with Crippen LogP contribution in [0, 0.1) is 0 Å². The van der Waals surface area contributed by atoms with E-state index >= 15 is 0 Å². The van der Waals surface area contributed by atoms with Gasteiger partial charge in [0.05, 0.1) is 17.3 Å². The van der Waals surface area contributed by atoms with Crippen molar-refractivity contribution in [3.63, 3.8) is 0 Å². The second-order valence-electron chi connectivity index (χ2n) is 4.65. The molecule has 2 rings (SSSR count). The predicted molar refractivity (Wildman–Crippen MR) is 83.3 cm³/mol. The van der Waals surface area contributed by atoms with Gasteiger partial charge in [0.1, 0.15) is 0 Å². The first-order chi connectivity index (χ1) is 9.13. The molecule has 19 heavy (non-hydrogen) atoms. The summed E-state index contributed by atoms with van der Waals surface area (Å²) in [6.07, 6.45) is 0.976. The minimum absolute atomic E-state index is 0.00591. The zero-order valence-electron chi connectivity index (χ0n) is 11.1. The smallest absolute Gasteiger partial charge is 0.0702 e. The van der Waals surface area contributed by atoms with Gasteiger partial charge in [0.25, 0.3) is 0 Å². The summed E-state index contributed by atoms with van der Waals surface area (Å²) >= 11 is 8.05. The maximum atomic E-state index is 9.45. The first-order valence-corrected chi connectivity index (χ1v) is 7.52. The number of aliphatic hydroxyl groups is 1. The fourth-order valence-electron chi connectivity index (χ4n) is 2.16. The quantitative estimate of drug-likeness (QED) is 0.902. The molecule has 2 nitrogen and oxygen atoms in total. The molecule has 102 valence electrons. The summed E-state index contributed by atoms with van der Waals surface area (Å²) in [7, 11) is 2.03. The maximum Gasteiger partial charge on any atom is 0.0702 e. The molecule has 0 saturated heterocycles. The first kappa shape index (κ1) is 14.4. The summed E-state index contributed by atoms with van der Waals surface area (Å²) < 4.78 is 0. The van der Waals surface area contributed by atoms with Crippen LogP contribution in [0.5, 0.6) is 0 Å². The number of halogens is 1. The maximum absolute atomic E-state index is 9.45. The van der Waals surface area contributed by atoms with E-state index in [1.54, 1.807) is 11.3 Å². The van der Waals surface area contributed by atoms with Crippen molar-refractivity contribution in [2.75, 3.05) is 11.9 Å². The molecule has 1 N–H and O–H groups in total. The Labute approximate surface area is 123 Å². The third-order valence-corrected chi connectivity index (χ3v) is 4.53. The Hall–Kier alpha value is -1.03. The van der Waals surface area contributed by atoms with Crippen molar-refractivity contribution in [2.24, 2.45) is 0 Å². The van der Waals surface area contributed by atoms with Crippen molar-refractivity contribution >= 4 is 28.6 Å². The minimum atomic E-state index is 0.00591. The average Bonchev–Trinajstić information content (AvgIpc) is 2.90. The van der Waals surface area contributed by atoms with Crippen LogP contribution in [0.15, 0.2) is 35.7 Å². The van der Waals surface area contributed by atoms with E-state index in [1.165, 1.54) is 4.88 Å². The lowest BCUT2D eigenvalue weighted by atomic mass is 10.1. The summed E-state index contributed by atoms with van der Waals surface area (Å²) in [6, 6.07) is 10.2. The fraction of sp³-hybridized carbons (Fsp3) is 0.333. The first-order valence-electron chi connectivity index (χ1n) is 6.27. The lowest BCUT2D eigenvalue weighted by Crippen LogP contribution is -2.31. The van der Waals surface area contributed by atoms with Gasteiger partial charge in [-0.05, 0) is 24.4 Å². The van der Waals surface area contributed by atoms with Crippen molar-refractivity contribution < 1.29 is 5.11 Å². The van der Waals surface area contributed by atoms with E-state index < -0.39 is 0 Å². The normalized spacial score (nSPS) is 12.4. The van der Waals surface area contributed by atoms with Crippen LogP contribution in [-0.4, -0.2) is 18.2 Å². The molecule has 4 heteroatoms. The summed E-state index contributed by atoms with van der Waals surface area (Å²) in [4.78, 5) is 3.50. The Morgan fingerprint density at radius 3 is 2.74 bits per heavy atom. The van der Waals surface area contributed by atoms with E-state index in [2.05, 4.69) is 29.3 Å². The molecule has 1 aromatic heterocycles. The zero-order valence-corrected chi connectivity index (χ0v) is 12.7. The van der Waals surface area contributed by atoms with Gasteiger partial charge in [0.2, 0.25) is 0 Å². The summed E-state index contributed by atoms with van der Waals surface area (Å²) in [5.74, 6) is 0. The molecule has 2 aromatic rings. The molecule has 0 fully saturated rings. The van der Waals surface area contributed by atoms with Crippen LogP contribution in [0.25, 0.3) is 0 Å². The summed E-state index contributed by atoms with van der Waals surface area (Å²) in [6.45, 7) is 2.18. The van der Waals surface area contributed by atoms with E-state index in [0.29, 0.717) is 11.1 Å². The Balaban J connectivity index is 2.21. The fourth-order valence-corrected chi connectivity index (χ4v) is 3.31. The molecule has 1 atom stereocenters. The van der Waals surface area contributed by atoms with E-state index in [-0.39, 0.29) is 6.61 Å². The topological polar surface area (TPSA) is 23.5 Å². The number of thiophene rings is 1. The van der Waals surface area contributed by atoms with Crippen LogP contribution in [0.2, 0.25) is 5.02 Å².